The van der Waals surface area contributed by atoms with Crippen molar-refractivity contribution < 1.29 is 14.7 Å². The molecule has 1 aliphatic rings. The Morgan fingerprint density at radius 2 is 2.15 bits per heavy atom. The van der Waals surface area contributed by atoms with Gasteiger partial charge in [0.15, 0.2) is 0 Å². The molecule has 0 saturated carbocycles. The number of hydrogen-bond acceptors (Lipinski definition) is 2. The molecule has 106 valence electrons. The van der Waals surface area contributed by atoms with E-state index in [1.165, 1.54) is 0 Å². The van der Waals surface area contributed by atoms with Gasteiger partial charge in [-0.2, -0.15) is 0 Å². The molecule has 0 aromatic heterocycles. The van der Waals surface area contributed by atoms with Crippen molar-refractivity contribution in [2.24, 2.45) is 5.92 Å². The molecule has 1 aliphatic heterocycles. The van der Waals surface area contributed by atoms with E-state index in [1.54, 1.807) is 11.0 Å². The fraction of sp³-hybridized carbons (Fsp3) is 0.375. The molecule has 0 spiro atoms. The Morgan fingerprint density at radius 1 is 1.50 bits per heavy atom. The van der Waals surface area contributed by atoms with Crippen LogP contribution in [0.15, 0.2) is 36.9 Å². The quantitative estimate of drug-likeness (QED) is 0.839. The molecule has 1 N–H and O–H groups in total. The van der Waals surface area contributed by atoms with Gasteiger partial charge >= 0.3 is 5.97 Å². The van der Waals surface area contributed by atoms with E-state index >= 15 is 0 Å². The van der Waals surface area contributed by atoms with E-state index in [9.17, 15) is 9.59 Å². The first-order valence-electron chi connectivity index (χ1n) is 6.71. The van der Waals surface area contributed by atoms with Crippen LogP contribution in [0.2, 0.25) is 0 Å². The predicted molar refractivity (Wildman–Crippen MR) is 76.2 cm³/mol. The zero-order valence-corrected chi connectivity index (χ0v) is 11.6. The molecule has 0 aliphatic carbocycles. The van der Waals surface area contributed by atoms with Gasteiger partial charge in [0.05, 0.1) is 12.5 Å². The summed E-state index contributed by atoms with van der Waals surface area (Å²) in [4.78, 5) is 24.9. The maximum Gasteiger partial charge on any atom is 0.305 e. The summed E-state index contributed by atoms with van der Waals surface area (Å²) in [6.45, 7) is 6.25. The molecule has 1 aromatic carbocycles. The van der Waals surface area contributed by atoms with Crippen molar-refractivity contribution in [1.82, 2.24) is 4.90 Å². The molecule has 1 amide bonds. The monoisotopic (exact) mass is 273 g/mol. The Labute approximate surface area is 118 Å². The highest BCUT2D eigenvalue weighted by molar-refractivity contribution is 5.80. The van der Waals surface area contributed by atoms with Crippen LogP contribution in [0.5, 0.6) is 0 Å². The Balaban J connectivity index is 2.28. The third-order valence-corrected chi connectivity index (χ3v) is 3.73. The van der Waals surface area contributed by atoms with Crippen LogP contribution in [0.1, 0.15) is 30.0 Å². The minimum Gasteiger partial charge on any atom is -0.481 e. The Bertz CT molecular complexity index is 521. The minimum absolute atomic E-state index is 0.00160. The van der Waals surface area contributed by atoms with Gasteiger partial charge in [0.25, 0.3) is 0 Å². The minimum atomic E-state index is -0.898. The standard InChI is InChI=1S/C16H19NO3/c1-3-12-8-15(18)17(10-12)14(9-16(19)20)13-6-4-11(2)5-7-13/h3-7,12,14H,1,8-10H2,2H3,(H,19,20). The molecule has 4 nitrogen and oxygen atoms in total. The van der Waals surface area contributed by atoms with Gasteiger partial charge in [-0.3, -0.25) is 9.59 Å². The highest BCUT2D eigenvalue weighted by atomic mass is 16.4. The van der Waals surface area contributed by atoms with Gasteiger partial charge in [0.1, 0.15) is 0 Å². The van der Waals surface area contributed by atoms with Crippen molar-refractivity contribution in [2.75, 3.05) is 6.54 Å². The van der Waals surface area contributed by atoms with Gasteiger partial charge in [-0.25, -0.2) is 0 Å². The number of hydrogen-bond donors (Lipinski definition) is 1. The van der Waals surface area contributed by atoms with Crippen molar-refractivity contribution in [2.45, 2.75) is 25.8 Å². The molecule has 2 unspecified atom stereocenters. The van der Waals surface area contributed by atoms with Crippen LogP contribution in [-0.2, 0) is 9.59 Å². The van der Waals surface area contributed by atoms with E-state index in [-0.39, 0.29) is 18.2 Å². The molecular weight excluding hydrogens is 254 g/mol. The second kappa shape index (κ2) is 5.90. The maximum atomic E-state index is 12.1. The van der Waals surface area contributed by atoms with E-state index in [1.807, 2.05) is 31.2 Å². The molecule has 1 fully saturated rings. The van der Waals surface area contributed by atoms with Gasteiger partial charge in [-0.1, -0.05) is 35.9 Å². The number of carboxylic acids is 1. The smallest absolute Gasteiger partial charge is 0.305 e. The van der Waals surface area contributed by atoms with Crippen LogP contribution in [0.25, 0.3) is 0 Å². The summed E-state index contributed by atoms with van der Waals surface area (Å²) in [7, 11) is 0. The van der Waals surface area contributed by atoms with Gasteiger partial charge in [-0.15, -0.1) is 6.58 Å². The largest absolute Gasteiger partial charge is 0.481 e. The van der Waals surface area contributed by atoms with Crippen LogP contribution in [-0.4, -0.2) is 28.4 Å². The van der Waals surface area contributed by atoms with E-state index in [4.69, 9.17) is 5.11 Å². The lowest BCUT2D eigenvalue weighted by molar-refractivity contribution is -0.139. The third kappa shape index (κ3) is 3.07. The number of rotatable bonds is 5. The number of nitrogens with zero attached hydrogens (tertiary/aromatic N) is 1. The third-order valence-electron chi connectivity index (χ3n) is 3.73. The second-order valence-electron chi connectivity index (χ2n) is 5.27. The van der Waals surface area contributed by atoms with Crippen LogP contribution in [0.4, 0.5) is 0 Å². The fourth-order valence-electron chi connectivity index (χ4n) is 2.58. The number of benzene rings is 1. The second-order valence-corrected chi connectivity index (χ2v) is 5.27. The van der Waals surface area contributed by atoms with Gasteiger partial charge in [-0.05, 0) is 12.5 Å². The Kier molecular flexibility index (Phi) is 4.23. The van der Waals surface area contributed by atoms with E-state index in [2.05, 4.69) is 6.58 Å². The molecule has 0 bridgehead atoms. The first-order chi connectivity index (χ1) is 9.51. The molecule has 4 heteroatoms. The number of aliphatic carboxylic acids is 1. The van der Waals surface area contributed by atoms with Gasteiger partial charge < -0.3 is 10.0 Å². The van der Waals surface area contributed by atoms with Crippen molar-refractivity contribution in [3.8, 4) is 0 Å². The molecular formula is C16H19NO3. The summed E-state index contributed by atoms with van der Waals surface area (Å²) in [5.74, 6) is -0.781. The normalized spacial score (nSPS) is 19.9. The summed E-state index contributed by atoms with van der Waals surface area (Å²) >= 11 is 0. The van der Waals surface area contributed by atoms with E-state index in [0.717, 1.165) is 11.1 Å². The molecule has 1 aromatic rings. The molecule has 20 heavy (non-hydrogen) atoms. The van der Waals surface area contributed by atoms with Crippen molar-refractivity contribution in [3.05, 3.63) is 48.0 Å². The lowest BCUT2D eigenvalue weighted by Crippen LogP contribution is -2.31. The SMILES string of the molecule is C=CC1CC(=O)N(C(CC(=O)O)c2ccc(C)cc2)C1. The van der Waals surface area contributed by atoms with Crippen LogP contribution in [0.3, 0.4) is 0 Å². The maximum absolute atomic E-state index is 12.1. The average molecular weight is 273 g/mol. The number of amides is 1. The van der Waals surface area contributed by atoms with Gasteiger partial charge in [0.2, 0.25) is 5.91 Å². The zero-order valence-electron chi connectivity index (χ0n) is 11.6. The fourth-order valence-corrected chi connectivity index (χ4v) is 2.58. The summed E-state index contributed by atoms with van der Waals surface area (Å²) in [5.41, 5.74) is 1.98. The van der Waals surface area contributed by atoms with E-state index < -0.39 is 12.0 Å². The highest BCUT2D eigenvalue weighted by Gasteiger charge is 2.34. The lowest BCUT2D eigenvalue weighted by atomic mass is 10.0. The number of carbonyl (C=O) groups is 2. The van der Waals surface area contributed by atoms with E-state index in [0.29, 0.717) is 13.0 Å². The number of carbonyl (C=O) groups excluding carboxylic acids is 1. The molecule has 2 rings (SSSR count). The first-order valence-corrected chi connectivity index (χ1v) is 6.71. The average Bonchev–Trinajstić information content (AvgIpc) is 2.78. The van der Waals surface area contributed by atoms with Gasteiger partial charge in [0, 0.05) is 18.9 Å². The van der Waals surface area contributed by atoms with Crippen molar-refractivity contribution in [1.29, 1.82) is 0 Å². The Morgan fingerprint density at radius 3 is 2.65 bits per heavy atom. The molecule has 0 radical (unpaired) electrons. The summed E-state index contributed by atoms with van der Waals surface area (Å²) < 4.78 is 0. The number of carboxylic acid groups (broad SMARTS) is 1. The van der Waals surface area contributed by atoms with Crippen molar-refractivity contribution >= 4 is 11.9 Å². The lowest BCUT2D eigenvalue weighted by Gasteiger charge is -2.27. The number of likely N-dealkylation sites (tertiary alicyclic amines) is 1. The summed E-state index contributed by atoms with van der Waals surface area (Å²) in [6, 6.07) is 7.28. The van der Waals surface area contributed by atoms with Crippen LogP contribution in [0, 0.1) is 12.8 Å². The topological polar surface area (TPSA) is 57.6 Å². The summed E-state index contributed by atoms with van der Waals surface area (Å²) in [5, 5.41) is 9.11. The van der Waals surface area contributed by atoms with Crippen LogP contribution >= 0.6 is 0 Å². The molecule has 1 heterocycles. The Hall–Kier alpha value is -2.10. The predicted octanol–water partition coefficient (Wildman–Crippen LogP) is 2.55. The van der Waals surface area contributed by atoms with Crippen LogP contribution < -0.4 is 0 Å². The highest BCUT2D eigenvalue weighted by Crippen LogP contribution is 2.31. The first kappa shape index (κ1) is 14.3. The number of aryl methyl sites for hydroxylation is 1. The summed E-state index contributed by atoms with van der Waals surface area (Å²) in [6.07, 6.45) is 2.12. The zero-order chi connectivity index (χ0) is 14.7. The van der Waals surface area contributed by atoms with Crippen molar-refractivity contribution in [3.63, 3.8) is 0 Å². The molecule has 1 saturated heterocycles. The molecule has 2 atom stereocenters.